The third-order valence-electron chi connectivity index (χ3n) is 5.08. The van der Waals surface area contributed by atoms with Gasteiger partial charge in [0.05, 0.1) is 32.6 Å². The minimum atomic E-state index is -0.681. The molecule has 0 bridgehead atoms. The maximum Gasteiger partial charge on any atom is 0.301 e. The zero-order valence-corrected chi connectivity index (χ0v) is 17.4. The van der Waals surface area contributed by atoms with Crippen molar-refractivity contribution in [3.63, 3.8) is 0 Å². The molecule has 0 spiro atoms. The van der Waals surface area contributed by atoms with Crippen molar-refractivity contribution in [3.05, 3.63) is 98.0 Å². The predicted octanol–water partition coefficient (Wildman–Crippen LogP) is 5.55. The molecule has 0 aliphatic heterocycles. The third-order valence-corrected chi connectivity index (χ3v) is 5.33. The van der Waals surface area contributed by atoms with Crippen molar-refractivity contribution >= 4 is 34.0 Å². The topological polar surface area (TPSA) is 133 Å². The van der Waals surface area contributed by atoms with Crippen molar-refractivity contribution in [1.29, 1.82) is 0 Å². The van der Waals surface area contributed by atoms with Crippen LogP contribution in [0.3, 0.4) is 0 Å². The lowest BCUT2D eigenvalue weighted by atomic mass is 10.1. The Kier molecular flexibility index (Phi) is 4.83. The van der Waals surface area contributed by atoms with Gasteiger partial charge in [0.2, 0.25) is 0 Å². The van der Waals surface area contributed by atoms with Gasteiger partial charge < -0.3 is 4.98 Å². The number of hydrogen-bond donors (Lipinski definition) is 1. The second-order valence-electron chi connectivity index (χ2n) is 7.12. The maximum atomic E-state index is 11.8. The average molecular weight is 461 g/mol. The fourth-order valence-corrected chi connectivity index (χ4v) is 3.65. The SMILES string of the molecule is O=[N+]([O-])c1ccc(-n2nc(-c3ccc(Cl)cc3)cc2-c2nc3ccccc3[nH]2)c([N+](=O)[O-])c1. The van der Waals surface area contributed by atoms with Crippen LogP contribution >= 0.6 is 11.6 Å². The van der Waals surface area contributed by atoms with Crippen molar-refractivity contribution in [2.45, 2.75) is 0 Å². The van der Waals surface area contributed by atoms with Crippen LogP contribution in [-0.4, -0.2) is 29.6 Å². The Balaban J connectivity index is 1.76. The molecule has 2 heterocycles. The van der Waals surface area contributed by atoms with Crippen LogP contribution in [0.1, 0.15) is 0 Å². The van der Waals surface area contributed by atoms with Gasteiger partial charge in [-0.3, -0.25) is 20.2 Å². The number of aromatic amines is 1. The Morgan fingerprint density at radius 1 is 0.909 bits per heavy atom. The first kappa shape index (κ1) is 20.3. The standard InChI is InChI=1S/C22H13ClN6O4/c23-14-7-5-13(6-8-14)18-12-21(22-24-16-3-1-2-4-17(16)25-22)27(26-18)19-10-9-15(28(30)31)11-20(19)29(32)33/h1-12H,(H,24,25). The lowest BCUT2D eigenvalue weighted by Gasteiger charge is -2.06. The molecule has 5 aromatic rings. The van der Waals surface area contributed by atoms with Crippen LogP contribution in [-0.2, 0) is 0 Å². The summed E-state index contributed by atoms with van der Waals surface area (Å²) in [4.78, 5) is 29.4. The van der Waals surface area contributed by atoms with E-state index in [-0.39, 0.29) is 11.4 Å². The summed E-state index contributed by atoms with van der Waals surface area (Å²) in [6, 6.07) is 19.6. The molecular weight excluding hydrogens is 448 g/mol. The van der Waals surface area contributed by atoms with Gasteiger partial charge in [-0.2, -0.15) is 5.10 Å². The molecule has 0 saturated carbocycles. The smallest absolute Gasteiger partial charge is 0.301 e. The monoisotopic (exact) mass is 460 g/mol. The number of nitro benzene ring substituents is 2. The Morgan fingerprint density at radius 2 is 1.67 bits per heavy atom. The predicted molar refractivity (Wildman–Crippen MR) is 122 cm³/mol. The number of non-ortho nitro benzene ring substituents is 1. The lowest BCUT2D eigenvalue weighted by molar-refractivity contribution is -0.394. The Morgan fingerprint density at radius 3 is 2.36 bits per heavy atom. The van der Waals surface area contributed by atoms with E-state index in [1.54, 1.807) is 30.3 Å². The van der Waals surface area contributed by atoms with Crippen LogP contribution in [0.15, 0.2) is 72.8 Å². The summed E-state index contributed by atoms with van der Waals surface area (Å²) in [6.45, 7) is 0. The van der Waals surface area contributed by atoms with Gasteiger partial charge >= 0.3 is 5.69 Å². The van der Waals surface area contributed by atoms with Gasteiger partial charge in [-0.25, -0.2) is 9.67 Å². The highest BCUT2D eigenvalue weighted by molar-refractivity contribution is 6.30. The molecule has 0 saturated heterocycles. The summed E-state index contributed by atoms with van der Waals surface area (Å²) >= 11 is 6.00. The molecule has 0 radical (unpaired) electrons. The van der Waals surface area contributed by atoms with E-state index in [0.29, 0.717) is 27.8 Å². The average Bonchev–Trinajstić information content (AvgIpc) is 3.43. The van der Waals surface area contributed by atoms with E-state index in [9.17, 15) is 20.2 Å². The van der Waals surface area contributed by atoms with E-state index < -0.39 is 15.5 Å². The van der Waals surface area contributed by atoms with E-state index in [1.807, 2.05) is 24.3 Å². The van der Waals surface area contributed by atoms with Crippen molar-refractivity contribution in [2.24, 2.45) is 0 Å². The number of imidazole rings is 1. The Hall–Kier alpha value is -4.57. The van der Waals surface area contributed by atoms with Gasteiger partial charge in [-0.15, -0.1) is 0 Å². The summed E-state index contributed by atoms with van der Waals surface area (Å²) < 4.78 is 1.36. The van der Waals surface area contributed by atoms with Crippen molar-refractivity contribution in [1.82, 2.24) is 19.7 Å². The first-order valence-electron chi connectivity index (χ1n) is 9.65. The molecule has 0 fully saturated rings. The summed E-state index contributed by atoms with van der Waals surface area (Å²) in [7, 11) is 0. The molecule has 0 aliphatic carbocycles. The van der Waals surface area contributed by atoms with Crippen LogP contribution in [0.25, 0.3) is 39.5 Å². The molecule has 162 valence electrons. The molecule has 5 rings (SSSR count). The number of fused-ring (bicyclic) bond motifs is 1. The van der Waals surface area contributed by atoms with Crippen LogP contribution in [0.5, 0.6) is 0 Å². The zero-order chi connectivity index (χ0) is 23.1. The fraction of sp³-hybridized carbons (Fsp3) is 0. The van der Waals surface area contributed by atoms with E-state index in [1.165, 1.54) is 16.8 Å². The number of nitrogens with one attached hydrogen (secondary N) is 1. The number of para-hydroxylation sites is 2. The van der Waals surface area contributed by atoms with Crippen LogP contribution in [0, 0.1) is 20.2 Å². The molecule has 0 unspecified atom stereocenters. The summed E-state index contributed by atoms with van der Waals surface area (Å²) in [5.41, 5.74) is 2.44. The number of H-pyrrole nitrogens is 1. The summed E-state index contributed by atoms with van der Waals surface area (Å²) in [6.07, 6.45) is 0. The highest BCUT2D eigenvalue weighted by Gasteiger charge is 2.25. The van der Waals surface area contributed by atoms with Crippen LogP contribution < -0.4 is 0 Å². The Bertz CT molecular complexity index is 1510. The largest absolute Gasteiger partial charge is 0.337 e. The second kappa shape index (κ2) is 7.84. The van der Waals surface area contributed by atoms with Crippen LogP contribution in [0.2, 0.25) is 5.02 Å². The van der Waals surface area contributed by atoms with E-state index >= 15 is 0 Å². The third kappa shape index (κ3) is 3.68. The molecule has 10 nitrogen and oxygen atoms in total. The zero-order valence-electron chi connectivity index (χ0n) is 16.7. The van der Waals surface area contributed by atoms with E-state index in [2.05, 4.69) is 15.1 Å². The fourth-order valence-electron chi connectivity index (χ4n) is 3.52. The molecular formula is C22H13ClN6O4. The molecule has 0 amide bonds. The van der Waals surface area contributed by atoms with Crippen LogP contribution in [0.4, 0.5) is 11.4 Å². The summed E-state index contributed by atoms with van der Waals surface area (Å²) in [5.74, 6) is 0.441. The van der Waals surface area contributed by atoms with Gasteiger partial charge in [-0.05, 0) is 36.4 Å². The number of nitro groups is 2. The normalized spacial score (nSPS) is 11.1. The van der Waals surface area contributed by atoms with Gasteiger partial charge in [0, 0.05) is 16.7 Å². The molecule has 3 aromatic carbocycles. The number of benzene rings is 3. The summed E-state index contributed by atoms with van der Waals surface area (Å²) in [5, 5.41) is 28.1. The molecule has 0 aliphatic rings. The second-order valence-corrected chi connectivity index (χ2v) is 7.56. The number of halogens is 1. The lowest BCUT2D eigenvalue weighted by Crippen LogP contribution is -2.05. The van der Waals surface area contributed by atoms with Crippen molar-refractivity contribution < 1.29 is 9.85 Å². The highest BCUT2D eigenvalue weighted by Crippen LogP contribution is 2.34. The van der Waals surface area contributed by atoms with Crippen molar-refractivity contribution in [2.75, 3.05) is 0 Å². The molecule has 33 heavy (non-hydrogen) atoms. The highest BCUT2D eigenvalue weighted by atomic mass is 35.5. The van der Waals surface area contributed by atoms with Crippen molar-refractivity contribution in [3.8, 4) is 28.5 Å². The molecule has 11 heteroatoms. The number of rotatable bonds is 5. The molecule has 1 N–H and O–H groups in total. The van der Waals surface area contributed by atoms with Gasteiger partial charge in [0.1, 0.15) is 11.4 Å². The quantitative estimate of drug-likeness (QED) is 0.270. The number of nitrogens with zero attached hydrogens (tertiary/aromatic N) is 5. The first-order chi connectivity index (χ1) is 15.9. The maximum absolute atomic E-state index is 11.8. The number of hydrogen-bond acceptors (Lipinski definition) is 6. The minimum Gasteiger partial charge on any atom is -0.337 e. The molecule has 0 atom stereocenters. The van der Waals surface area contributed by atoms with Gasteiger partial charge in [0.15, 0.2) is 5.82 Å². The molecule has 2 aromatic heterocycles. The Labute approximate surface area is 190 Å². The van der Waals surface area contributed by atoms with Gasteiger partial charge in [0.25, 0.3) is 5.69 Å². The van der Waals surface area contributed by atoms with Gasteiger partial charge in [-0.1, -0.05) is 35.9 Å². The number of aromatic nitrogens is 4. The van der Waals surface area contributed by atoms with E-state index in [4.69, 9.17) is 11.6 Å². The van der Waals surface area contributed by atoms with E-state index in [0.717, 1.165) is 17.1 Å². The minimum absolute atomic E-state index is 0.0706. The first-order valence-corrected chi connectivity index (χ1v) is 10.0.